The molecule has 0 rings (SSSR count). The summed E-state index contributed by atoms with van der Waals surface area (Å²) in [6, 6.07) is 0. The Morgan fingerprint density at radius 1 is 1.06 bits per heavy atom. The summed E-state index contributed by atoms with van der Waals surface area (Å²) in [5, 5.41) is 0. The van der Waals surface area contributed by atoms with Gasteiger partial charge in [0.05, 0.1) is 0 Å². The molecule has 0 aromatic rings. The van der Waals surface area contributed by atoms with Crippen molar-refractivity contribution in [3.05, 3.63) is 0 Å². The fourth-order valence-corrected chi connectivity index (χ4v) is 3.57. The zero-order valence-electron chi connectivity index (χ0n) is 10.4. The second kappa shape index (κ2) is 10.1. The SMILES string of the molecule is CCC[O][Ti]([CH2]C(=O)CC(C)=O)[O]CCC. The average molecular weight is 265 g/mol. The molecule has 4 nitrogen and oxygen atoms in total. The molecular weight excluding hydrogens is 244 g/mol. The summed E-state index contributed by atoms with van der Waals surface area (Å²) in [6.07, 6.45) is 1.86. The van der Waals surface area contributed by atoms with Crippen LogP contribution in [0.2, 0.25) is 4.73 Å². The van der Waals surface area contributed by atoms with Crippen LogP contribution in [0.1, 0.15) is 40.0 Å². The van der Waals surface area contributed by atoms with E-state index in [1.54, 1.807) is 0 Å². The van der Waals surface area contributed by atoms with E-state index in [1.807, 2.05) is 13.8 Å². The quantitative estimate of drug-likeness (QED) is 0.449. The van der Waals surface area contributed by atoms with E-state index in [1.165, 1.54) is 6.92 Å². The summed E-state index contributed by atoms with van der Waals surface area (Å²) < 4.78 is 11.4. The Hall–Kier alpha value is -0.0257. The fourth-order valence-electron chi connectivity index (χ4n) is 1.08. The zero-order chi connectivity index (χ0) is 12.4. The van der Waals surface area contributed by atoms with E-state index in [-0.39, 0.29) is 18.0 Å². The maximum absolute atomic E-state index is 11.5. The topological polar surface area (TPSA) is 52.6 Å². The molecule has 0 aromatic heterocycles. The third-order valence-corrected chi connectivity index (χ3v) is 4.43. The molecule has 0 aliphatic carbocycles. The van der Waals surface area contributed by atoms with Gasteiger partial charge in [-0.15, -0.1) is 0 Å². The molecule has 0 saturated heterocycles. The van der Waals surface area contributed by atoms with Crippen LogP contribution in [-0.4, -0.2) is 24.8 Å². The number of hydrogen-bond acceptors (Lipinski definition) is 4. The van der Waals surface area contributed by atoms with E-state index < -0.39 is 18.6 Å². The molecule has 0 fully saturated rings. The predicted molar refractivity (Wildman–Crippen MR) is 57.6 cm³/mol. The van der Waals surface area contributed by atoms with Gasteiger partial charge in [-0.25, -0.2) is 0 Å². The van der Waals surface area contributed by atoms with Gasteiger partial charge in [0.2, 0.25) is 0 Å². The van der Waals surface area contributed by atoms with Gasteiger partial charge in [-0.1, -0.05) is 0 Å². The molecule has 0 atom stereocenters. The van der Waals surface area contributed by atoms with Crippen molar-refractivity contribution in [1.82, 2.24) is 0 Å². The van der Waals surface area contributed by atoms with Crippen molar-refractivity contribution >= 4 is 11.6 Å². The zero-order valence-corrected chi connectivity index (χ0v) is 11.9. The normalized spacial score (nSPS) is 10.2. The first-order valence-electron chi connectivity index (χ1n) is 5.72. The average Bonchev–Trinajstić information content (AvgIpc) is 2.20. The van der Waals surface area contributed by atoms with E-state index in [0.717, 1.165) is 12.8 Å². The first-order chi connectivity index (χ1) is 7.60. The van der Waals surface area contributed by atoms with Gasteiger partial charge in [-0.05, 0) is 0 Å². The van der Waals surface area contributed by atoms with Crippen LogP contribution in [0.25, 0.3) is 0 Å². The summed E-state index contributed by atoms with van der Waals surface area (Å²) in [6.45, 7) is 6.76. The number of carbonyl (C=O) groups excluding carboxylic acids is 2. The van der Waals surface area contributed by atoms with E-state index in [4.69, 9.17) is 6.64 Å². The third kappa shape index (κ3) is 9.22. The van der Waals surface area contributed by atoms with Gasteiger partial charge in [0.15, 0.2) is 0 Å². The Bertz CT molecular complexity index is 210. The molecule has 0 N–H and O–H groups in total. The first kappa shape index (κ1) is 16.0. The molecular formula is C11H21O4Ti. The monoisotopic (exact) mass is 265 g/mol. The molecule has 0 unspecified atom stereocenters. The predicted octanol–water partition coefficient (Wildman–Crippen LogP) is 2.25. The van der Waals surface area contributed by atoms with Crippen LogP contribution in [0.4, 0.5) is 0 Å². The van der Waals surface area contributed by atoms with Crippen LogP contribution in [0.15, 0.2) is 0 Å². The number of ketones is 2. The molecule has 0 saturated carbocycles. The minimum absolute atomic E-state index is 0.0153. The molecule has 0 bridgehead atoms. The molecule has 16 heavy (non-hydrogen) atoms. The molecule has 0 amide bonds. The molecule has 0 heterocycles. The summed E-state index contributed by atoms with van der Waals surface area (Å²) >= 11 is -2.17. The molecule has 0 aliphatic rings. The number of Topliss-reactive ketones (excluding diaryl/α,β-unsaturated/α-hetero) is 2. The van der Waals surface area contributed by atoms with E-state index in [9.17, 15) is 9.59 Å². The van der Waals surface area contributed by atoms with Gasteiger partial charge in [-0.3, -0.25) is 0 Å². The van der Waals surface area contributed by atoms with Gasteiger partial charge in [-0.2, -0.15) is 0 Å². The van der Waals surface area contributed by atoms with Crippen LogP contribution in [0.5, 0.6) is 0 Å². The van der Waals surface area contributed by atoms with Crippen molar-refractivity contribution in [2.75, 3.05) is 13.2 Å². The van der Waals surface area contributed by atoms with E-state index in [2.05, 4.69) is 0 Å². The maximum atomic E-state index is 11.5. The summed E-state index contributed by atoms with van der Waals surface area (Å²) in [5.41, 5.74) is 0. The van der Waals surface area contributed by atoms with Crippen molar-refractivity contribution < 1.29 is 34.9 Å². The van der Waals surface area contributed by atoms with Gasteiger partial charge < -0.3 is 0 Å². The standard InChI is InChI=1S/C5H7O2.2C3H7O.Ti/c1-4(6)3-5(2)7;2*1-2-3-4;/h1,3H2,2H3;2*2-3H2,1H3;/q;2*-1;+2. The van der Waals surface area contributed by atoms with Gasteiger partial charge >= 0.3 is 104 Å². The van der Waals surface area contributed by atoms with E-state index in [0.29, 0.717) is 17.9 Å². The van der Waals surface area contributed by atoms with Crippen LogP contribution in [0.3, 0.4) is 0 Å². The molecule has 0 spiro atoms. The van der Waals surface area contributed by atoms with Gasteiger partial charge in [0, 0.05) is 0 Å². The second-order valence-corrected chi connectivity index (χ2v) is 6.28. The summed E-state index contributed by atoms with van der Waals surface area (Å²) in [4.78, 5) is 22.2. The molecule has 0 aromatic carbocycles. The van der Waals surface area contributed by atoms with Crippen molar-refractivity contribution in [3.63, 3.8) is 0 Å². The number of rotatable bonds is 10. The van der Waals surface area contributed by atoms with Crippen LogP contribution >= 0.6 is 0 Å². The third-order valence-electron chi connectivity index (χ3n) is 1.72. The van der Waals surface area contributed by atoms with Crippen molar-refractivity contribution in [2.24, 2.45) is 0 Å². The van der Waals surface area contributed by atoms with Crippen LogP contribution < -0.4 is 0 Å². The minimum atomic E-state index is -2.17. The molecule has 5 heteroatoms. The molecule has 0 aliphatic heterocycles. The van der Waals surface area contributed by atoms with Gasteiger partial charge in [0.25, 0.3) is 0 Å². The Kier molecular flexibility index (Phi) is 10.1. The molecule has 93 valence electrons. The Labute approximate surface area is 104 Å². The van der Waals surface area contributed by atoms with Gasteiger partial charge in [0.1, 0.15) is 0 Å². The fraction of sp³-hybridized carbons (Fsp3) is 0.818. The van der Waals surface area contributed by atoms with Crippen molar-refractivity contribution in [1.29, 1.82) is 0 Å². The Balaban J connectivity index is 3.97. The number of hydrogen-bond donors (Lipinski definition) is 0. The Morgan fingerprint density at radius 2 is 1.56 bits per heavy atom. The Morgan fingerprint density at radius 3 is 1.94 bits per heavy atom. The number of carbonyl (C=O) groups is 2. The summed E-state index contributed by atoms with van der Waals surface area (Å²) in [7, 11) is 0. The van der Waals surface area contributed by atoms with Crippen molar-refractivity contribution in [2.45, 2.75) is 44.8 Å². The van der Waals surface area contributed by atoms with Crippen LogP contribution in [-0.2, 0) is 34.9 Å². The van der Waals surface area contributed by atoms with Crippen molar-refractivity contribution in [3.8, 4) is 0 Å². The van der Waals surface area contributed by atoms with E-state index >= 15 is 0 Å². The first-order valence-corrected chi connectivity index (χ1v) is 8.10. The molecule has 0 radical (unpaired) electrons. The van der Waals surface area contributed by atoms with Crippen LogP contribution in [0, 0.1) is 0 Å². The summed E-state index contributed by atoms with van der Waals surface area (Å²) in [5.74, 6) is -0.136. The second-order valence-electron chi connectivity index (χ2n) is 3.66.